The molecule has 0 radical (unpaired) electrons. The van der Waals surface area contributed by atoms with Crippen molar-refractivity contribution < 1.29 is 14.7 Å². The molecular formula is C13H19N3O3. The Morgan fingerprint density at radius 2 is 2.11 bits per heavy atom. The molecule has 1 fully saturated rings. The Labute approximate surface area is 111 Å². The molecule has 1 aromatic heterocycles. The van der Waals surface area contributed by atoms with Crippen molar-refractivity contribution in [2.45, 2.75) is 27.2 Å². The number of aliphatic carboxylic acids is 1. The number of carboxylic acid groups (broad SMARTS) is 1. The molecule has 104 valence electrons. The van der Waals surface area contributed by atoms with E-state index in [0.717, 1.165) is 17.0 Å². The number of aryl methyl sites for hydroxylation is 2. The number of carbonyl (C=O) groups is 2. The van der Waals surface area contributed by atoms with E-state index >= 15 is 0 Å². The molecule has 1 amide bonds. The number of nitrogens with one attached hydrogen (secondary N) is 1. The van der Waals surface area contributed by atoms with Gasteiger partial charge in [0.25, 0.3) is 0 Å². The molecule has 0 aromatic carbocycles. The van der Waals surface area contributed by atoms with Crippen LogP contribution in [0.25, 0.3) is 0 Å². The molecule has 1 aliphatic heterocycles. The van der Waals surface area contributed by atoms with Crippen LogP contribution in [0, 0.1) is 25.7 Å². The van der Waals surface area contributed by atoms with Gasteiger partial charge in [0.05, 0.1) is 18.0 Å². The molecule has 1 aliphatic rings. The van der Waals surface area contributed by atoms with Gasteiger partial charge in [-0.15, -0.1) is 0 Å². The van der Waals surface area contributed by atoms with Crippen molar-refractivity contribution in [3.8, 4) is 0 Å². The molecule has 2 atom stereocenters. The minimum absolute atomic E-state index is 0.00740. The summed E-state index contributed by atoms with van der Waals surface area (Å²) in [6.07, 6.45) is 0.285. The lowest BCUT2D eigenvalue weighted by Crippen LogP contribution is -2.31. The first-order valence-corrected chi connectivity index (χ1v) is 6.41. The van der Waals surface area contributed by atoms with Gasteiger partial charge >= 0.3 is 5.97 Å². The number of aromatic amines is 1. The number of carboxylic acids is 1. The Balaban J connectivity index is 2.04. The zero-order chi connectivity index (χ0) is 14.2. The molecule has 0 spiro atoms. The summed E-state index contributed by atoms with van der Waals surface area (Å²) in [6.45, 7) is 6.45. The van der Waals surface area contributed by atoms with Crippen molar-refractivity contribution in [3.05, 3.63) is 17.0 Å². The van der Waals surface area contributed by atoms with E-state index in [1.807, 2.05) is 20.8 Å². The quantitative estimate of drug-likeness (QED) is 0.844. The lowest BCUT2D eigenvalue weighted by atomic mass is 9.99. The number of nitrogens with zero attached hydrogens (tertiary/aromatic N) is 2. The fraction of sp³-hybridized carbons (Fsp3) is 0.615. The minimum atomic E-state index is -0.821. The van der Waals surface area contributed by atoms with E-state index in [-0.39, 0.29) is 18.2 Å². The SMILES string of the molecule is Cc1n[nH]c(C)c1CC(=O)N1CC(C)C(C(=O)O)C1. The van der Waals surface area contributed by atoms with Gasteiger partial charge in [0.15, 0.2) is 0 Å². The van der Waals surface area contributed by atoms with Crippen molar-refractivity contribution in [1.29, 1.82) is 0 Å². The Hall–Kier alpha value is -1.85. The molecule has 1 aromatic rings. The van der Waals surface area contributed by atoms with Crippen LogP contribution in [-0.2, 0) is 16.0 Å². The van der Waals surface area contributed by atoms with Crippen LogP contribution < -0.4 is 0 Å². The zero-order valence-electron chi connectivity index (χ0n) is 11.4. The van der Waals surface area contributed by atoms with E-state index in [2.05, 4.69) is 10.2 Å². The van der Waals surface area contributed by atoms with Crippen LogP contribution in [0.4, 0.5) is 0 Å². The summed E-state index contributed by atoms with van der Waals surface area (Å²) in [5.41, 5.74) is 2.64. The summed E-state index contributed by atoms with van der Waals surface area (Å²) in [4.78, 5) is 24.9. The number of hydrogen-bond donors (Lipinski definition) is 2. The maximum Gasteiger partial charge on any atom is 0.308 e. The highest BCUT2D eigenvalue weighted by Crippen LogP contribution is 2.24. The normalized spacial score (nSPS) is 22.8. The largest absolute Gasteiger partial charge is 0.481 e. The van der Waals surface area contributed by atoms with E-state index in [9.17, 15) is 9.59 Å². The molecule has 0 bridgehead atoms. The molecule has 2 heterocycles. The van der Waals surface area contributed by atoms with Crippen LogP contribution in [0.15, 0.2) is 0 Å². The van der Waals surface area contributed by atoms with Crippen LogP contribution in [0.2, 0.25) is 0 Å². The molecule has 0 aliphatic carbocycles. The standard InChI is InChI=1S/C13H19N3O3/c1-7-5-16(6-11(7)13(18)19)12(17)4-10-8(2)14-15-9(10)3/h7,11H,4-6H2,1-3H3,(H,14,15)(H,18,19). The predicted molar refractivity (Wildman–Crippen MR) is 68.6 cm³/mol. The van der Waals surface area contributed by atoms with Gasteiger partial charge in [-0.25, -0.2) is 0 Å². The van der Waals surface area contributed by atoms with E-state index in [1.165, 1.54) is 0 Å². The second-order valence-corrected chi connectivity index (χ2v) is 5.31. The maximum atomic E-state index is 12.2. The first-order chi connectivity index (χ1) is 8.90. The van der Waals surface area contributed by atoms with Gasteiger partial charge in [0.1, 0.15) is 0 Å². The smallest absolute Gasteiger partial charge is 0.308 e. The van der Waals surface area contributed by atoms with E-state index in [1.54, 1.807) is 4.90 Å². The Kier molecular flexibility index (Phi) is 3.59. The summed E-state index contributed by atoms with van der Waals surface area (Å²) >= 11 is 0. The summed E-state index contributed by atoms with van der Waals surface area (Å²) in [5.74, 6) is -1.29. The number of hydrogen-bond acceptors (Lipinski definition) is 3. The summed E-state index contributed by atoms with van der Waals surface area (Å²) in [5, 5.41) is 16.0. The van der Waals surface area contributed by atoms with Crippen molar-refractivity contribution in [2.75, 3.05) is 13.1 Å². The maximum absolute atomic E-state index is 12.2. The molecule has 2 N–H and O–H groups in total. The third-order valence-electron chi connectivity index (χ3n) is 3.89. The van der Waals surface area contributed by atoms with Gasteiger partial charge in [-0.2, -0.15) is 5.10 Å². The molecular weight excluding hydrogens is 246 g/mol. The fourth-order valence-corrected chi connectivity index (χ4v) is 2.59. The Morgan fingerprint density at radius 3 is 2.58 bits per heavy atom. The van der Waals surface area contributed by atoms with Crippen molar-refractivity contribution in [1.82, 2.24) is 15.1 Å². The second-order valence-electron chi connectivity index (χ2n) is 5.31. The molecule has 6 nitrogen and oxygen atoms in total. The second kappa shape index (κ2) is 5.03. The number of aromatic nitrogens is 2. The van der Waals surface area contributed by atoms with Crippen LogP contribution in [0.5, 0.6) is 0 Å². The highest BCUT2D eigenvalue weighted by atomic mass is 16.4. The number of rotatable bonds is 3. The van der Waals surface area contributed by atoms with E-state index in [0.29, 0.717) is 13.1 Å². The molecule has 0 saturated carbocycles. The zero-order valence-corrected chi connectivity index (χ0v) is 11.4. The van der Waals surface area contributed by atoms with Crippen LogP contribution in [0.1, 0.15) is 23.9 Å². The molecule has 1 saturated heterocycles. The molecule has 19 heavy (non-hydrogen) atoms. The van der Waals surface area contributed by atoms with Gasteiger partial charge in [-0.05, 0) is 19.8 Å². The molecule has 6 heteroatoms. The number of carbonyl (C=O) groups excluding carboxylic acids is 1. The Bertz CT molecular complexity index is 490. The van der Waals surface area contributed by atoms with Crippen LogP contribution in [0.3, 0.4) is 0 Å². The topological polar surface area (TPSA) is 86.3 Å². The highest BCUT2D eigenvalue weighted by molar-refractivity contribution is 5.81. The Morgan fingerprint density at radius 1 is 1.42 bits per heavy atom. The van der Waals surface area contributed by atoms with Crippen molar-refractivity contribution in [3.63, 3.8) is 0 Å². The predicted octanol–water partition coefficient (Wildman–Crippen LogP) is 0.748. The molecule has 2 rings (SSSR count). The lowest BCUT2D eigenvalue weighted by molar-refractivity contribution is -0.142. The van der Waals surface area contributed by atoms with Gasteiger partial charge in [-0.1, -0.05) is 6.92 Å². The monoisotopic (exact) mass is 265 g/mol. The number of H-pyrrole nitrogens is 1. The van der Waals surface area contributed by atoms with Crippen LogP contribution in [-0.4, -0.2) is 45.2 Å². The van der Waals surface area contributed by atoms with Gasteiger partial charge in [0, 0.05) is 24.3 Å². The lowest BCUT2D eigenvalue weighted by Gasteiger charge is -2.15. The van der Waals surface area contributed by atoms with Gasteiger partial charge in [-0.3, -0.25) is 14.7 Å². The van der Waals surface area contributed by atoms with Crippen LogP contribution >= 0.6 is 0 Å². The van der Waals surface area contributed by atoms with Crippen molar-refractivity contribution >= 4 is 11.9 Å². The first kappa shape index (κ1) is 13.6. The summed E-state index contributed by atoms with van der Waals surface area (Å²) < 4.78 is 0. The highest BCUT2D eigenvalue weighted by Gasteiger charge is 2.36. The average molecular weight is 265 g/mol. The van der Waals surface area contributed by atoms with E-state index < -0.39 is 11.9 Å². The van der Waals surface area contributed by atoms with Gasteiger partial charge in [0.2, 0.25) is 5.91 Å². The summed E-state index contributed by atoms with van der Waals surface area (Å²) in [7, 11) is 0. The first-order valence-electron chi connectivity index (χ1n) is 6.41. The van der Waals surface area contributed by atoms with Gasteiger partial charge < -0.3 is 10.0 Å². The minimum Gasteiger partial charge on any atom is -0.481 e. The van der Waals surface area contributed by atoms with E-state index in [4.69, 9.17) is 5.11 Å². The summed E-state index contributed by atoms with van der Waals surface area (Å²) in [6, 6.07) is 0. The molecule has 2 unspecified atom stereocenters. The third-order valence-corrected chi connectivity index (χ3v) is 3.89. The average Bonchev–Trinajstić information content (AvgIpc) is 2.86. The number of amides is 1. The fourth-order valence-electron chi connectivity index (χ4n) is 2.59. The third kappa shape index (κ3) is 2.62. The van der Waals surface area contributed by atoms with Crippen molar-refractivity contribution in [2.24, 2.45) is 11.8 Å². The number of likely N-dealkylation sites (tertiary alicyclic amines) is 1.